The van der Waals surface area contributed by atoms with Crippen molar-refractivity contribution in [2.75, 3.05) is 6.61 Å². The number of rotatable bonds is 48. The molecule has 3 N–H and O–H groups in total. The molecule has 0 aliphatic carbocycles. The lowest BCUT2D eigenvalue weighted by Gasteiger charge is -2.24. The van der Waals surface area contributed by atoms with Crippen LogP contribution in [0.25, 0.3) is 0 Å². The van der Waals surface area contributed by atoms with Gasteiger partial charge in [-0.05, 0) is 51.4 Å². The van der Waals surface area contributed by atoms with Crippen LogP contribution in [0, 0.1) is 0 Å². The predicted octanol–water partition coefficient (Wildman–Crippen LogP) is 16.2. The molecule has 0 saturated carbocycles. The number of esters is 1. The number of aliphatic hydroxyl groups excluding tert-OH is 2. The van der Waals surface area contributed by atoms with Gasteiger partial charge in [-0.15, -0.1) is 0 Å². The van der Waals surface area contributed by atoms with E-state index < -0.39 is 18.2 Å². The van der Waals surface area contributed by atoms with Crippen LogP contribution >= 0.6 is 0 Å². The molecule has 0 aromatic rings. The van der Waals surface area contributed by atoms with Gasteiger partial charge >= 0.3 is 5.97 Å². The molecule has 0 spiro atoms. The Morgan fingerprint density at radius 1 is 0.468 bits per heavy atom. The van der Waals surface area contributed by atoms with E-state index in [1.165, 1.54) is 154 Å². The number of carbonyl (C=O) groups is 2. The number of allylic oxidation sites excluding steroid dienone is 8. The average molecular weight is 870 g/mol. The summed E-state index contributed by atoms with van der Waals surface area (Å²) in [6, 6.07) is -0.713. The van der Waals surface area contributed by atoms with E-state index in [9.17, 15) is 19.8 Å². The average Bonchev–Trinajstić information content (AvgIpc) is 3.26. The highest BCUT2D eigenvalue weighted by Gasteiger charge is 2.24. The van der Waals surface area contributed by atoms with Crippen molar-refractivity contribution in [2.24, 2.45) is 0 Å². The second-order valence-electron chi connectivity index (χ2n) is 18.4. The van der Waals surface area contributed by atoms with Crippen molar-refractivity contribution in [3.05, 3.63) is 48.6 Å². The van der Waals surface area contributed by atoms with Crippen molar-refractivity contribution in [1.29, 1.82) is 0 Å². The molecule has 6 heteroatoms. The number of carbonyl (C=O) groups excluding carboxylic acids is 2. The van der Waals surface area contributed by atoms with Crippen molar-refractivity contribution in [2.45, 2.75) is 289 Å². The Morgan fingerprint density at radius 2 is 0.823 bits per heavy atom. The topological polar surface area (TPSA) is 95.9 Å². The summed E-state index contributed by atoms with van der Waals surface area (Å²) in [7, 11) is 0. The molecule has 362 valence electrons. The van der Waals surface area contributed by atoms with Gasteiger partial charge in [0.2, 0.25) is 5.91 Å². The van der Waals surface area contributed by atoms with Gasteiger partial charge < -0.3 is 20.3 Å². The monoisotopic (exact) mass is 870 g/mol. The maximum absolute atomic E-state index is 13.2. The lowest BCUT2D eigenvalue weighted by molar-refractivity contribution is -0.151. The van der Waals surface area contributed by atoms with Gasteiger partial charge in [0, 0.05) is 6.42 Å². The summed E-state index contributed by atoms with van der Waals surface area (Å²) in [4.78, 5) is 26.2. The van der Waals surface area contributed by atoms with Crippen LogP contribution in [0.2, 0.25) is 0 Å². The molecule has 6 nitrogen and oxygen atoms in total. The third kappa shape index (κ3) is 44.4. The number of hydrogen-bond acceptors (Lipinski definition) is 5. The van der Waals surface area contributed by atoms with Gasteiger partial charge in [0.1, 0.15) is 6.10 Å². The minimum absolute atomic E-state index is 0.0542. The molecule has 0 aromatic heterocycles. The van der Waals surface area contributed by atoms with Crippen molar-refractivity contribution >= 4 is 11.9 Å². The first-order valence-electron chi connectivity index (χ1n) is 26.9. The summed E-state index contributed by atoms with van der Waals surface area (Å²) in [6.07, 6.45) is 60.2. The van der Waals surface area contributed by atoms with E-state index in [4.69, 9.17) is 4.74 Å². The number of hydrogen-bond donors (Lipinski definition) is 3. The lowest BCUT2D eigenvalue weighted by atomic mass is 10.0. The maximum atomic E-state index is 13.2. The normalized spacial score (nSPS) is 13.6. The van der Waals surface area contributed by atoms with E-state index in [0.29, 0.717) is 19.3 Å². The molecular weight excluding hydrogens is 767 g/mol. The lowest BCUT2D eigenvalue weighted by Crippen LogP contribution is -2.46. The van der Waals surface area contributed by atoms with Gasteiger partial charge in [-0.3, -0.25) is 9.59 Å². The Morgan fingerprint density at radius 3 is 1.27 bits per heavy atom. The highest BCUT2D eigenvalue weighted by atomic mass is 16.5. The zero-order valence-corrected chi connectivity index (χ0v) is 41.3. The molecule has 1 amide bonds. The third-order valence-electron chi connectivity index (χ3n) is 12.3. The highest BCUT2D eigenvalue weighted by molar-refractivity contribution is 5.77. The molecule has 0 aliphatic heterocycles. The third-order valence-corrected chi connectivity index (χ3v) is 12.3. The molecule has 3 unspecified atom stereocenters. The van der Waals surface area contributed by atoms with Gasteiger partial charge in [0.25, 0.3) is 0 Å². The van der Waals surface area contributed by atoms with Crippen molar-refractivity contribution in [3.8, 4) is 0 Å². The summed E-state index contributed by atoms with van der Waals surface area (Å²) in [5.41, 5.74) is 0. The second-order valence-corrected chi connectivity index (χ2v) is 18.4. The van der Waals surface area contributed by atoms with Gasteiger partial charge in [0.05, 0.1) is 25.2 Å². The minimum atomic E-state index is -0.797. The summed E-state index contributed by atoms with van der Waals surface area (Å²) in [5.74, 6) is -0.503. The molecule has 0 saturated heterocycles. The predicted molar refractivity (Wildman–Crippen MR) is 269 cm³/mol. The van der Waals surface area contributed by atoms with Gasteiger partial charge in [0.15, 0.2) is 0 Å². The van der Waals surface area contributed by atoms with Crippen LogP contribution < -0.4 is 5.32 Å². The number of amides is 1. The summed E-state index contributed by atoms with van der Waals surface area (Å²) in [6.45, 7) is 6.45. The zero-order chi connectivity index (χ0) is 45.2. The van der Waals surface area contributed by atoms with E-state index in [-0.39, 0.29) is 24.9 Å². The Bertz CT molecular complexity index is 1070. The summed E-state index contributed by atoms with van der Waals surface area (Å²) >= 11 is 0. The van der Waals surface area contributed by atoms with Crippen LogP contribution in [0.5, 0.6) is 0 Å². The minimum Gasteiger partial charge on any atom is -0.462 e. The number of unbranched alkanes of at least 4 members (excludes halogenated alkanes) is 31. The van der Waals surface area contributed by atoms with E-state index in [0.717, 1.165) is 70.6 Å². The van der Waals surface area contributed by atoms with E-state index >= 15 is 0 Å². The Hall–Kier alpha value is -2.18. The van der Waals surface area contributed by atoms with Crippen LogP contribution in [-0.4, -0.2) is 46.9 Å². The molecule has 0 aliphatic rings. The van der Waals surface area contributed by atoms with Crippen LogP contribution in [0.3, 0.4) is 0 Å². The molecular formula is C56H103NO5. The largest absolute Gasteiger partial charge is 0.462 e. The molecule has 0 radical (unpaired) electrons. The van der Waals surface area contributed by atoms with Crippen LogP contribution in [0.15, 0.2) is 48.6 Å². The fourth-order valence-corrected chi connectivity index (χ4v) is 8.15. The van der Waals surface area contributed by atoms with Crippen LogP contribution in [0.1, 0.15) is 271 Å². The smallest absolute Gasteiger partial charge is 0.306 e. The first-order chi connectivity index (χ1) is 30.5. The maximum Gasteiger partial charge on any atom is 0.306 e. The van der Waals surface area contributed by atoms with E-state index in [1.807, 2.05) is 0 Å². The van der Waals surface area contributed by atoms with E-state index in [2.05, 4.69) is 74.7 Å². The van der Waals surface area contributed by atoms with Gasteiger partial charge in [-0.25, -0.2) is 0 Å². The SMILES string of the molecule is CCCCC/C=C/C=C/C=C/C=C/CCCCCC(CC(=O)NC(CO)C(O)CCCCCCCCCCCCCCC)OC(=O)CCCCCCCCCCCCCCCC. The molecule has 62 heavy (non-hydrogen) atoms. The first-order valence-corrected chi connectivity index (χ1v) is 26.9. The summed E-state index contributed by atoms with van der Waals surface area (Å²) in [5, 5.41) is 23.8. The molecule has 0 aromatic carbocycles. The molecule has 0 bridgehead atoms. The number of nitrogens with one attached hydrogen (secondary N) is 1. The fourth-order valence-electron chi connectivity index (χ4n) is 8.15. The number of aliphatic hydroxyl groups is 2. The van der Waals surface area contributed by atoms with Crippen molar-refractivity contribution in [1.82, 2.24) is 5.32 Å². The first kappa shape index (κ1) is 59.8. The second kappa shape index (κ2) is 49.8. The quantitative estimate of drug-likeness (QED) is 0.0322. The van der Waals surface area contributed by atoms with Crippen molar-refractivity contribution in [3.63, 3.8) is 0 Å². The standard InChI is InChI=1S/C56H103NO5/c1-4-7-10-13-16-19-22-25-27-28-30-32-35-38-41-44-47-52(62-56(61)49-46-43-40-37-34-31-26-23-20-17-14-11-8-5-2)50-55(60)57-53(51-58)54(59)48-45-42-39-36-33-29-24-21-18-15-12-9-6-3/h16,19,22,25,27-28,30,32,52-54,58-59H,4-15,17-18,20-21,23-24,26,29,31,33-51H2,1-3H3,(H,57,60)/b19-16+,25-22+,28-27+,32-30+. The van der Waals surface area contributed by atoms with Crippen molar-refractivity contribution < 1.29 is 24.5 Å². The van der Waals surface area contributed by atoms with E-state index in [1.54, 1.807) is 0 Å². The van der Waals surface area contributed by atoms with Crippen LogP contribution in [0.4, 0.5) is 0 Å². The zero-order valence-electron chi connectivity index (χ0n) is 41.3. The Balaban J connectivity index is 4.65. The molecule has 3 atom stereocenters. The van der Waals surface area contributed by atoms with Gasteiger partial charge in [-0.2, -0.15) is 0 Å². The fraction of sp³-hybridized carbons (Fsp3) is 0.821. The molecule has 0 rings (SSSR count). The van der Waals surface area contributed by atoms with Crippen LogP contribution in [-0.2, 0) is 14.3 Å². The van der Waals surface area contributed by atoms with Gasteiger partial charge in [-0.1, -0.05) is 256 Å². The Kier molecular flexibility index (Phi) is 48.1. The highest BCUT2D eigenvalue weighted by Crippen LogP contribution is 2.18. The molecule has 0 fully saturated rings. The summed E-state index contributed by atoms with van der Waals surface area (Å²) < 4.78 is 5.93. The molecule has 0 heterocycles. The Labute approximate surface area is 385 Å². The number of ether oxygens (including phenoxy) is 1.